The summed E-state index contributed by atoms with van der Waals surface area (Å²) in [4.78, 5) is 35.5. The highest BCUT2D eigenvalue weighted by Gasteiger charge is 2.19. The second-order valence-electron chi connectivity index (χ2n) is 7.12. The predicted octanol–water partition coefficient (Wildman–Crippen LogP) is 3.34. The second-order valence-corrected chi connectivity index (χ2v) is 7.52. The first-order chi connectivity index (χ1) is 15.0. The molecule has 8 heteroatoms. The molecule has 2 aromatic carbocycles. The molecule has 0 unspecified atom stereocenters. The Labute approximate surface area is 187 Å². The van der Waals surface area contributed by atoms with Crippen molar-refractivity contribution in [2.24, 2.45) is 5.73 Å². The lowest BCUT2D eigenvalue weighted by atomic mass is 10.0. The number of carbonyl (C=O) groups is 3. The Morgan fingerprint density at radius 3 is 2.39 bits per heavy atom. The van der Waals surface area contributed by atoms with Gasteiger partial charge in [0.2, 0.25) is 11.8 Å². The number of unbranched alkanes of at least 4 members (excludes halogenated alkanes) is 2. The van der Waals surface area contributed by atoms with E-state index < -0.39 is 18.0 Å². The number of rotatable bonds is 12. The number of nitrogens with one attached hydrogen (secondary N) is 2. The van der Waals surface area contributed by atoms with Gasteiger partial charge in [-0.25, -0.2) is 4.79 Å². The number of primary amides is 1. The molecule has 0 saturated heterocycles. The maximum atomic E-state index is 12.2. The van der Waals surface area contributed by atoms with E-state index in [2.05, 4.69) is 10.6 Å². The molecule has 0 fully saturated rings. The van der Waals surface area contributed by atoms with E-state index in [1.54, 1.807) is 18.2 Å². The third-order valence-electron chi connectivity index (χ3n) is 4.62. The molecule has 7 nitrogen and oxygen atoms in total. The fourth-order valence-corrected chi connectivity index (χ4v) is 3.14. The van der Waals surface area contributed by atoms with Crippen molar-refractivity contribution in [3.63, 3.8) is 0 Å². The molecule has 166 valence electrons. The second kappa shape index (κ2) is 13.3. The van der Waals surface area contributed by atoms with E-state index >= 15 is 0 Å². The van der Waals surface area contributed by atoms with Gasteiger partial charge in [-0.3, -0.25) is 9.59 Å². The normalized spacial score (nSPS) is 11.4. The molecule has 1 atom stereocenters. The van der Waals surface area contributed by atoms with Crippen LogP contribution in [0.4, 0.5) is 4.79 Å². The van der Waals surface area contributed by atoms with Gasteiger partial charge in [-0.2, -0.15) is 0 Å². The van der Waals surface area contributed by atoms with E-state index in [1.165, 1.54) is 0 Å². The van der Waals surface area contributed by atoms with Crippen molar-refractivity contribution in [2.75, 3.05) is 6.54 Å². The Morgan fingerprint density at radius 2 is 1.68 bits per heavy atom. The van der Waals surface area contributed by atoms with Gasteiger partial charge in [0, 0.05) is 24.4 Å². The summed E-state index contributed by atoms with van der Waals surface area (Å²) in [6.45, 7) is 0.688. The first-order valence-corrected chi connectivity index (χ1v) is 10.6. The Balaban J connectivity index is 1.58. The first kappa shape index (κ1) is 24.2. The summed E-state index contributed by atoms with van der Waals surface area (Å²) in [6.07, 6.45) is 2.14. The van der Waals surface area contributed by atoms with E-state index in [0.717, 1.165) is 17.5 Å². The van der Waals surface area contributed by atoms with Crippen molar-refractivity contribution in [2.45, 2.75) is 44.8 Å². The summed E-state index contributed by atoms with van der Waals surface area (Å²) in [7, 11) is 0. The summed E-state index contributed by atoms with van der Waals surface area (Å²) in [5.74, 6) is -0.849. The van der Waals surface area contributed by atoms with Crippen LogP contribution in [0, 0.1) is 0 Å². The maximum Gasteiger partial charge on any atom is 0.407 e. The van der Waals surface area contributed by atoms with Gasteiger partial charge in [-0.15, -0.1) is 0 Å². The van der Waals surface area contributed by atoms with Gasteiger partial charge >= 0.3 is 6.09 Å². The van der Waals surface area contributed by atoms with Crippen molar-refractivity contribution in [1.82, 2.24) is 10.6 Å². The molecular weight excluding hydrogens is 418 g/mol. The quantitative estimate of drug-likeness (QED) is 0.435. The third-order valence-corrected chi connectivity index (χ3v) is 4.99. The number of ether oxygens (including phenoxy) is 1. The minimum atomic E-state index is -0.812. The zero-order valence-corrected chi connectivity index (χ0v) is 18.1. The largest absolute Gasteiger partial charge is 0.445 e. The van der Waals surface area contributed by atoms with Crippen LogP contribution in [0.1, 0.15) is 36.8 Å². The smallest absolute Gasteiger partial charge is 0.407 e. The van der Waals surface area contributed by atoms with Crippen LogP contribution in [0.25, 0.3) is 0 Å². The Hall–Kier alpha value is -3.06. The van der Waals surface area contributed by atoms with E-state index in [4.69, 9.17) is 22.1 Å². The number of carbonyl (C=O) groups excluding carboxylic acids is 3. The van der Waals surface area contributed by atoms with Crippen LogP contribution in [0.5, 0.6) is 0 Å². The lowest BCUT2D eigenvalue weighted by Crippen LogP contribution is -2.45. The molecule has 0 aromatic heterocycles. The van der Waals surface area contributed by atoms with E-state index in [9.17, 15) is 14.4 Å². The minimum absolute atomic E-state index is 0.224. The number of amides is 3. The van der Waals surface area contributed by atoms with Crippen LogP contribution >= 0.6 is 11.6 Å². The van der Waals surface area contributed by atoms with Gasteiger partial charge < -0.3 is 21.1 Å². The van der Waals surface area contributed by atoms with Crippen LogP contribution in [0.15, 0.2) is 54.6 Å². The predicted molar refractivity (Wildman–Crippen MR) is 119 cm³/mol. The van der Waals surface area contributed by atoms with E-state index in [-0.39, 0.29) is 25.4 Å². The SMILES string of the molecule is NC(=O)[C@@H](Cc1ccccc1Cl)NC(=O)CCCCCNC(=O)OCc1ccccc1. The molecule has 0 radical (unpaired) electrons. The number of halogens is 1. The molecular formula is C23H28ClN3O4. The van der Waals surface area contributed by atoms with Gasteiger partial charge in [0.05, 0.1) is 0 Å². The van der Waals surface area contributed by atoms with Gasteiger partial charge in [0.1, 0.15) is 12.6 Å². The number of hydrogen-bond donors (Lipinski definition) is 3. The molecule has 0 bridgehead atoms. The molecule has 3 amide bonds. The topological polar surface area (TPSA) is 111 Å². The van der Waals surface area contributed by atoms with Crippen molar-refractivity contribution >= 4 is 29.5 Å². The molecule has 0 aliphatic heterocycles. The maximum absolute atomic E-state index is 12.2. The highest BCUT2D eigenvalue weighted by atomic mass is 35.5. The highest BCUT2D eigenvalue weighted by molar-refractivity contribution is 6.31. The third kappa shape index (κ3) is 9.53. The first-order valence-electron chi connectivity index (χ1n) is 10.2. The molecule has 2 rings (SSSR count). The number of benzene rings is 2. The Morgan fingerprint density at radius 1 is 0.968 bits per heavy atom. The summed E-state index contributed by atoms with van der Waals surface area (Å²) >= 11 is 6.11. The summed E-state index contributed by atoms with van der Waals surface area (Å²) in [6, 6.07) is 15.7. The van der Waals surface area contributed by atoms with Crippen molar-refractivity contribution < 1.29 is 19.1 Å². The van der Waals surface area contributed by atoms with Gasteiger partial charge in [-0.1, -0.05) is 66.6 Å². The fraction of sp³-hybridized carbons (Fsp3) is 0.348. The standard InChI is InChI=1S/C23H28ClN3O4/c24-19-12-7-6-11-18(19)15-20(22(25)29)27-21(28)13-5-2-8-14-26-23(30)31-16-17-9-3-1-4-10-17/h1,3-4,6-7,9-12,20H,2,5,8,13-16H2,(H2,25,29)(H,26,30)(H,27,28)/t20-/m1/s1. The van der Waals surface area contributed by atoms with Crippen LogP contribution in [-0.2, 0) is 27.4 Å². The van der Waals surface area contributed by atoms with Crippen LogP contribution in [-0.4, -0.2) is 30.5 Å². The van der Waals surface area contributed by atoms with Crippen molar-refractivity contribution in [3.05, 3.63) is 70.7 Å². The monoisotopic (exact) mass is 445 g/mol. The highest BCUT2D eigenvalue weighted by Crippen LogP contribution is 2.16. The van der Waals surface area contributed by atoms with Gasteiger partial charge in [0.15, 0.2) is 0 Å². The number of alkyl carbamates (subject to hydrolysis) is 1. The average Bonchev–Trinajstić information content (AvgIpc) is 2.76. The van der Waals surface area contributed by atoms with Crippen LogP contribution in [0.3, 0.4) is 0 Å². The number of nitrogens with two attached hydrogens (primary N) is 1. The van der Waals surface area contributed by atoms with Crippen molar-refractivity contribution in [1.29, 1.82) is 0 Å². The molecule has 0 spiro atoms. The summed E-state index contributed by atoms with van der Waals surface area (Å²) < 4.78 is 5.13. The zero-order valence-electron chi connectivity index (χ0n) is 17.3. The van der Waals surface area contributed by atoms with Crippen LogP contribution in [0.2, 0.25) is 5.02 Å². The molecule has 0 aliphatic carbocycles. The molecule has 0 aliphatic rings. The molecule has 31 heavy (non-hydrogen) atoms. The molecule has 2 aromatic rings. The summed E-state index contributed by atoms with van der Waals surface area (Å²) in [5, 5.41) is 5.88. The van der Waals surface area contributed by atoms with Gasteiger partial charge in [-0.05, 0) is 30.0 Å². The number of hydrogen-bond acceptors (Lipinski definition) is 4. The Bertz CT molecular complexity index is 861. The van der Waals surface area contributed by atoms with Gasteiger partial charge in [0.25, 0.3) is 0 Å². The molecule has 0 heterocycles. The fourth-order valence-electron chi connectivity index (χ4n) is 2.93. The summed E-state index contributed by atoms with van der Waals surface area (Å²) in [5.41, 5.74) is 7.09. The van der Waals surface area contributed by atoms with Crippen molar-refractivity contribution in [3.8, 4) is 0 Å². The van der Waals surface area contributed by atoms with E-state index in [0.29, 0.717) is 24.4 Å². The minimum Gasteiger partial charge on any atom is -0.445 e. The van der Waals surface area contributed by atoms with E-state index in [1.807, 2.05) is 36.4 Å². The zero-order chi connectivity index (χ0) is 22.5. The molecule has 4 N–H and O–H groups in total. The van der Waals surface area contributed by atoms with Crippen LogP contribution < -0.4 is 16.4 Å². The lowest BCUT2D eigenvalue weighted by Gasteiger charge is -2.16. The Kier molecular flexibility index (Phi) is 10.4. The lowest BCUT2D eigenvalue weighted by molar-refractivity contribution is -0.127. The average molecular weight is 446 g/mol. The molecule has 0 saturated carbocycles.